The number of carbonyl (C=O) groups is 2. The first kappa shape index (κ1) is 11.8. The molecule has 1 saturated heterocycles. The number of nitrogens with one attached hydrogen (secondary N) is 1. The Labute approximate surface area is 98.9 Å². The molecule has 0 aliphatic carbocycles. The normalized spacial score (nSPS) is 19.0. The molecular weight excluding hydrogens is 220 g/mol. The lowest BCUT2D eigenvalue weighted by Crippen LogP contribution is -2.32. The summed E-state index contributed by atoms with van der Waals surface area (Å²) >= 11 is 0. The fourth-order valence-electron chi connectivity index (χ4n) is 2.04. The highest BCUT2D eigenvalue weighted by molar-refractivity contribution is 6.08. The second kappa shape index (κ2) is 5.07. The summed E-state index contributed by atoms with van der Waals surface area (Å²) in [5.41, 5.74) is 0.580. The third-order valence-corrected chi connectivity index (χ3v) is 2.90. The van der Waals surface area contributed by atoms with Gasteiger partial charge in [-0.05, 0) is 25.5 Å². The summed E-state index contributed by atoms with van der Waals surface area (Å²) in [6.07, 6.45) is 1.77. The van der Waals surface area contributed by atoms with Crippen molar-refractivity contribution in [1.29, 1.82) is 0 Å². The third kappa shape index (κ3) is 2.35. The van der Waals surface area contributed by atoms with Crippen molar-refractivity contribution < 1.29 is 14.4 Å². The Balaban J connectivity index is 2.30. The van der Waals surface area contributed by atoms with E-state index >= 15 is 0 Å². The first-order valence-corrected chi connectivity index (χ1v) is 5.51. The maximum atomic E-state index is 12.2. The Hall–Kier alpha value is -1.72. The van der Waals surface area contributed by atoms with Gasteiger partial charge in [0.2, 0.25) is 0 Å². The van der Waals surface area contributed by atoms with E-state index in [2.05, 4.69) is 10.2 Å². The zero-order chi connectivity index (χ0) is 12.3. The van der Waals surface area contributed by atoms with Crippen molar-refractivity contribution in [2.45, 2.75) is 18.9 Å². The van der Waals surface area contributed by atoms with E-state index < -0.39 is 5.97 Å². The summed E-state index contributed by atoms with van der Waals surface area (Å²) in [6, 6.07) is 6.34. The summed E-state index contributed by atoms with van der Waals surface area (Å²) in [6.45, 7) is 0.833. The molecule has 1 heterocycles. The van der Waals surface area contributed by atoms with Gasteiger partial charge in [-0.2, -0.15) is 5.90 Å². The fourth-order valence-corrected chi connectivity index (χ4v) is 2.04. The van der Waals surface area contributed by atoms with Gasteiger partial charge in [-0.25, -0.2) is 4.79 Å². The molecule has 0 amide bonds. The summed E-state index contributed by atoms with van der Waals surface area (Å²) in [7, 11) is 0. The van der Waals surface area contributed by atoms with Crippen LogP contribution in [0.15, 0.2) is 24.3 Å². The maximum Gasteiger partial charge on any atom is 0.357 e. The Morgan fingerprint density at radius 2 is 2.00 bits per heavy atom. The Morgan fingerprint density at radius 3 is 2.59 bits per heavy atom. The summed E-state index contributed by atoms with van der Waals surface area (Å²) in [5, 5.41) is 3.11. The summed E-state index contributed by atoms with van der Waals surface area (Å²) < 4.78 is 0. The number of hydrogen-bond donors (Lipinski definition) is 2. The van der Waals surface area contributed by atoms with Gasteiger partial charge in [0.1, 0.15) is 0 Å². The van der Waals surface area contributed by atoms with Gasteiger partial charge in [-0.1, -0.05) is 18.2 Å². The number of hydrogen-bond acceptors (Lipinski definition) is 5. The minimum Gasteiger partial charge on any atom is -0.370 e. The van der Waals surface area contributed by atoms with E-state index in [1.165, 1.54) is 6.07 Å². The quantitative estimate of drug-likeness (QED) is 0.593. The molecule has 1 aliphatic heterocycles. The van der Waals surface area contributed by atoms with Crippen molar-refractivity contribution in [3.63, 3.8) is 0 Å². The van der Waals surface area contributed by atoms with Crippen LogP contribution in [0.3, 0.4) is 0 Å². The zero-order valence-electron chi connectivity index (χ0n) is 9.31. The van der Waals surface area contributed by atoms with E-state index in [0.29, 0.717) is 5.56 Å². The number of benzene rings is 1. The smallest absolute Gasteiger partial charge is 0.357 e. The van der Waals surface area contributed by atoms with E-state index in [9.17, 15) is 9.59 Å². The second-order valence-corrected chi connectivity index (χ2v) is 3.96. The molecule has 1 unspecified atom stereocenters. The summed E-state index contributed by atoms with van der Waals surface area (Å²) in [4.78, 5) is 27.8. The van der Waals surface area contributed by atoms with Crippen LogP contribution in [0.25, 0.3) is 0 Å². The Kier molecular flexibility index (Phi) is 3.51. The topological polar surface area (TPSA) is 81.4 Å². The minimum absolute atomic E-state index is 0.0801. The Morgan fingerprint density at radius 1 is 1.29 bits per heavy atom. The van der Waals surface area contributed by atoms with E-state index in [1.54, 1.807) is 18.2 Å². The first-order chi connectivity index (χ1) is 8.24. The van der Waals surface area contributed by atoms with Gasteiger partial charge in [0.15, 0.2) is 5.78 Å². The fraction of sp³-hybridized carbons (Fsp3) is 0.333. The molecule has 17 heavy (non-hydrogen) atoms. The molecule has 1 aliphatic rings. The highest BCUT2D eigenvalue weighted by Gasteiger charge is 2.26. The molecule has 0 saturated carbocycles. The van der Waals surface area contributed by atoms with Crippen molar-refractivity contribution in [1.82, 2.24) is 5.32 Å². The molecule has 5 heteroatoms. The number of carbonyl (C=O) groups excluding carboxylic acids is 2. The molecule has 5 nitrogen and oxygen atoms in total. The van der Waals surface area contributed by atoms with E-state index in [4.69, 9.17) is 5.90 Å². The molecule has 1 fully saturated rings. The molecule has 0 radical (unpaired) electrons. The molecule has 1 aromatic carbocycles. The number of ketones is 1. The van der Waals surface area contributed by atoms with Crippen molar-refractivity contribution in [3.8, 4) is 0 Å². The lowest BCUT2D eigenvalue weighted by molar-refractivity contribution is 0.0500. The van der Waals surface area contributed by atoms with Crippen LogP contribution in [0, 0.1) is 0 Å². The molecule has 1 aromatic rings. The maximum absolute atomic E-state index is 12.2. The van der Waals surface area contributed by atoms with Gasteiger partial charge in [-0.3, -0.25) is 4.79 Å². The van der Waals surface area contributed by atoms with Crippen LogP contribution in [0.1, 0.15) is 33.6 Å². The van der Waals surface area contributed by atoms with Crippen molar-refractivity contribution >= 4 is 11.8 Å². The van der Waals surface area contributed by atoms with Crippen LogP contribution >= 0.6 is 0 Å². The molecule has 0 bridgehead atoms. The van der Waals surface area contributed by atoms with Gasteiger partial charge in [-0.15, -0.1) is 0 Å². The Bertz CT molecular complexity index is 439. The second-order valence-electron chi connectivity index (χ2n) is 3.96. The third-order valence-electron chi connectivity index (χ3n) is 2.90. The zero-order valence-corrected chi connectivity index (χ0v) is 9.31. The minimum atomic E-state index is -0.688. The monoisotopic (exact) mass is 234 g/mol. The standard InChI is InChI=1S/C12H14N2O3/c13-17-12(16)9-5-2-1-4-8(9)11(15)10-6-3-7-14-10/h1-2,4-5,10,14H,3,6-7,13H2. The average Bonchev–Trinajstić information content (AvgIpc) is 2.91. The average molecular weight is 234 g/mol. The molecule has 0 spiro atoms. The van der Waals surface area contributed by atoms with Crippen LogP contribution in [0.5, 0.6) is 0 Å². The first-order valence-electron chi connectivity index (χ1n) is 5.51. The van der Waals surface area contributed by atoms with Crippen LogP contribution in [-0.2, 0) is 4.84 Å². The summed E-state index contributed by atoms with van der Waals surface area (Å²) in [5.74, 6) is 4.08. The van der Waals surface area contributed by atoms with Crippen LogP contribution < -0.4 is 11.2 Å². The lowest BCUT2D eigenvalue weighted by atomic mass is 9.98. The van der Waals surface area contributed by atoms with Crippen molar-refractivity contribution in [2.24, 2.45) is 5.90 Å². The predicted molar refractivity (Wildman–Crippen MR) is 61.4 cm³/mol. The van der Waals surface area contributed by atoms with Gasteiger partial charge >= 0.3 is 5.97 Å². The highest BCUT2D eigenvalue weighted by atomic mass is 16.7. The van der Waals surface area contributed by atoms with Gasteiger partial charge < -0.3 is 10.2 Å². The molecule has 90 valence electrons. The van der Waals surface area contributed by atoms with Gasteiger partial charge in [0, 0.05) is 5.56 Å². The van der Waals surface area contributed by atoms with Gasteiger partial charge in [0.05, 0.1) is 11.6 Å². The van der Waals surface area contributed by atoms with E-state index in [-0.39, 0.29) is 17.4 Å². The van der Waals surface area contributed by atoms with Crippen LogP contribution in [0.2, 0.25) is 0 Å². The molecule has 1 atom stereocenters. The largest absolute Gasteiger partial charge is 0.370 e. The molecular formula is C12H14N2O3. The predicted octanol–water partition coefficient (Wildman–Crippen LogP) is 0.652. The van der Waals surface area contributed by atoms with E-state index in [1.807, 2.05) is 0 Å². The van der Waals surface area contributed by atoms with Crippen molar-refractivity contribution in [3.05, 3.63) is 35.4 Å². The molecule has 3 N–H and O–H groups in total. The highest BCUT2D eigenvalue weighted by Crippen LogP contribution is 2.16. The lowest BCUT2D eigenvalue weighted by Gasteiger charge is -2.11. The van der Waals surface area contributed by atoms with Crippen molar-refractivity contribution in [2.75, 3.05) is 6.54 Å². The number of Topliss-reactive ketones (excluding diaryl/α,β-unsaturated/α-hetero) is 1. The molecule has 0 aromatic heterocycles. The van der Waals surface area contributed by atoms with Crippen LogP contribution in [0.4, 0.5) is 0 Å². The number of rotatable bonds is 3. The van der Waals surface area contributed by atoms with E-state index in [0.717, 1.165) is 19.4 Å². The SMILES string of the molecule is NOC(=O)c1ccccc1C(=O)C1CCCN1. The molecule has 2 rings (SSSR count). The van der Waals surface area contributed by atoms with Gasteiger partial charge in [0.25, 0.3) is 0 Å². The van der Waals surface area contributed by atoms with Crippen LogP contribution in [-0.4, -0.2) is 24.3 Å². The number of nitrogens with two attached hydrogens (primary N) is 1.